The van der Waals surface area contributed by atoms with Crippen molar-refractivity contribution in [2.75, 3.05) is 13.6 Å². The van der Waals surface area contributed by atoms with Crippen LogP contribution in [0.5, 0.6) is 0 Å². The van der Waals surface area contributed by atoms with Gasteiger partial charge in [-0.1, -0.05) is 30.3 Å². The summed E-state index contributed by atoms with van der Waals surface area (Å²) in [6.07, 6.45) is 0.847. The number of rotatable bonds is 2. The average Bonchev–Trinajstić information content (AvgIpc) is 2.42. The number of halogens is 1. The van der Waals surface area contributed by atoms with Gasteiger partial charge in [0.25, 0.3) is 0 Å². The van der Waals surface area contributed by atoms with Crippen molar-refractivity contribution in [3.8, 4) is 0 Å². The molecule has 2 rings (SSSR count). The lowest BCUT2D eigenvalue weighted by Crippen LogP contribution is -2.43. The van der Waals surface area contributed by atoms with Gasteiger partial charge in [0.1, 0.15) is 0 Å². The van der Waals surface area contributed by atoms with E-state index in [4.69, 9.17) is 4.84 Å². The Balaban J connectivity index is 0.00000200. The third-order valence-electron chi connectivity index (χ3n) is 3.64. The molecule has 5 heteroatoms. The first-order chi connectivity index (χ1) is 9.08. The second-order valence-corrected chi connectivity index (χ2v) is 5.22. The molecule has 1 saturated heterocycles. The van der Waals surface area contributed by atoms with E-state index in [1.807, 2.05) is 18.2 Å². The van der Waals surface area contributed by atoms with Crippen LogP contribution in [0, 0.1) is 5.92 Å². The molecule has 1 heterocycles. The molecule has 0 spiro atoms. The molecule has 0 amide bonds. The maximum Gasteiger partial charge on any atom is 0.365 e. The van der Waals surface area contributed by atoms with Crippen molar-refractivity contribution < 1.29 is 9.63 Å². The van der Waals surface area contributed by atoms with Crippen molar-refractivity contribution in [2.45, 2.75) is 26.3 Å². The highest BCUT2D eigenvalue weighted by molar-refractivity contribution is 5.91. The molecule has 1 aliphatic rings. The van der Waals surface area contributed by atoms with E-state index in [1.54, 1.807) is 12.1 Å². The summed E-state index contributed by atoms with van der Waals surface area (Å²) in [5.74, 6) is -0.0725. The van der Waals surface area contributed by atoms with Crippen LogP contribution in [0.3, 0.4) is 0 Å². The van der Waals surface area contributed by atoms with E-state index >= 15 is 0 Å². The topological polar surface area (TPSA) is 41.9 Å². The van der Waals surface area contributed by atoms with Crippen LogP contribution in [0.25, 0.3) is 0 Å². The number of likely N-dealkylation sites (tertiary alicyclic amines) is 1. The van der Waals surface area contributed by atoms with E-state index in [9.17, 15) is 4.79 Å². The molecule has 0 radical (unpaired) electrons. The summed E-state index contributed by atoms with van der Waals surface area (Å²) in [5.41, 5.74) is 1.50. The molecule has 0 bridgehead atoms. The van der Waals surface area contributed by atoms with E-state index in [0.717, 1.165) is 18.7 Å². The molecule has 1 aromatic rings. The number of benzene rings is 1. The Bertz CT molecular complexity index is 476. The normalized spacial score (nSPS) is 25.1. The molecule has 1 aliphatic heterocycles. The lowest BCUT2D eigenvalue weighted by molar-refractivity contribution is 0.0508. The van der Waals surface area contributed by atoms with Gasteiger partial charge < -0.3 is 9.74 Å². The minimum atomic E-state index is -0.396. The monoisotopic (exact) mass is 296 g/mol. The lowest BCUT2D eigenvalue weighted by atomic mass is 9.93. The summed E-state index contributed by atoms with van der Waals surface area (Å²) in [5, 5.41) is 4.07. The Morgan fingerprint density at radius 3 is 2.60 bits per heavy atom. The first-order valence-electron chi connectivity index (χ1n) is 6.61. The highest BCUT2D eigenvalue weighted by Gasteiger charge is 2.26. The molecular formula is C15H21ClN2O2. The number of nitrogens with zero attached hydrogens (tertiary/aromatic N) is 2. The third-order valence-corrected chi connectivity index (χ3v) is 3.64. The highest BCUT2D eigenvalue weighted by Crippen LogP contribution is 2.18. The van der Waals surface area contributed by atoms with Gasteiger partial charge in [-0.2, -0.15) is 0 Å². The van der Waals surface area contributed by atoms with Crippen molar-refractivity contribution in [3.63, 3.8) is 0 Å². The summed E-state index contributed by atoms with van der Waals surface area (Å²) < 4.78 is 0. The van der Waals surface area contributed by atoms with E-state index in [0.29, 0.717) is 17.5 Å². The molecule has 2 unspecified atom stereocenters. The fraction of sp³-hybridized carbons (Fsp3) is 0.467. The minimum absolute atomic E-state index is 0. The molecule has 4 nitrogen and oxygen atoms in total. The second-order valence-electron chi connectivity index (χ2n) is 5.22. The van der Waals surface area contributed by atoms with E-state index < -0.39 is 5.97 Å². The Morgan fingerprint density at radius 2 is 1.95 bits per heavy atom. The van der Waals surface area contributed by atoms with Crippen LogP contribution in [0.4, 0.5) is 0 Å². The number of hydrogen-bond donors (Lipinski definition) is 0. The number of oxime groups is 1. The fourth-order valence-electron chi connectivity index (χ4n) is 2.23. The molecule has 0 saturated carbocycles. The van der Waals surface area contributed by atoms with Crippen LogP contribution in [0.1, 0.15) is 30.6 Å². The Morgan fingerprint density at radius 1 is 1.30 bits per heavy atom. The summed E-state index contributed by atoms with van der Waals surface area (Å²) in [4.78, 5) is 19.1. The molecular weight excluding hydrogens is 276 g/mol. The summed E-state index contributed by atoms with van der Waals surface area (Å²) >= 11 is 0. The van der Waals surface area contributed by atoms with Crippen molar-refractivity contribution in [1.82, 2.24) is 4.90 Å². The number of carbonyl (C=O) groups excluding carboxylic acids is 1. The Kier molecular flexibility index (Phi) is 6.17. The zero-order valence-corrected chi connectivity index (χ0v) is 12.9. The average molecular weight is 297 g/mol. The van der Waals surface area contributed by atoms with Gasteiger partial charge in [-0.3, -0.25) is 0 Å². The second kappa shape index (κ2) is 7.41. The zero-order chi connectivity index (χ0) is 13.8. The standard InChI is InChI=1S/C15H20N2O2.ClH/c1-11-10-17(3)12(2)9-14(11)16-19-15(18)13-7-5-4-6-8-13;/h4-8,11-12H,9-10H2,1-3H3;1H/b16-14+;. The van der Waals surface area contributed by atoms with Gasteiger partial charge in [-0.25, -0.2) is 4.79 Å². The van der Waals surface area contributed by atoms with E-state index in [2.05, 4.69) is 31.0 Å². The molecule has 0 aliphatic carbocycles. The molecule has 20 heavy (non-hydrogen) atoms. The number of carbonyl (C=O) groups is 1. The van der Waals surface area contributed by atoms with Crippen LogP contribution >= 0.6 is 12.4 Å². The van der Waals surface area contributed by atoms with Crippen molar-refractivity contribution >= 4 is 24.1 Å². The molecule has 1 fully saturated rings. The van der Waals surface area contributed by atoms with Gasteiger partial charge >= 0.3 is 5.97 Å². The largest absolute Gasteiger partial charge is 0.365 e. The van der Waals surface area contributed by atoms with Crippen molar-refractivity contribution in [1.29, 1.82) is 0 Å². The third kappa shape index (κ3) is 4.05. The van der Waals surface area contributed by atoms with Gasteiger partial charge in [0.05, 0.1) is 11.3 Å². The van der Waals surface area contributed by atoms with E-state index in [1.165, 1.54) is 0 Å². The minimum Gasteiger partial charge on any atom is -0.313 e. The van der Waals surface area contributed by atoms with Crippen LogP contribution < -0.4 is 0 Å². The van der Waals surface area contributed by atoms with E-state index in [-0.39, 0.29) is 12.4 Å². The van der Waals surface area contributed by atoms with Crippen molar-refractivity contribution in [3.05, 3.63) is 35.9 Å². The van der Waals surface area contributed by atoms with Gasteiger partial charge in [0, 0.05) is 24.9 Å². The highest BCUT2D eigenvalue weighted by atomic mass is 35.5. The molecule has 110 valence electrons. The predicted molar refractivity (Wildman–Crippen MR) is 82.4 cm³/mol. The van der Waals surface area contributed by atoms with Gasteiger partial charge in [-0.05, 0) is 26.1 Å². The number of hydrogen-bond acceptors (Lipinski definition) is 4. The van der Waals surface area contributed by atoms with Crippen LogP contribution in [-0.2, 0) is 4.84 Å². The Hall–Kier alpha value is -1.39. The zero-order valence-electron chi connectivity index (χ0n) is 12.1. The van der Waals surface area contributed by atoms with Crippen molar-refractivity contribution in [2.24, 2.45) is 11.1 Å². The Labute approximate surface area is 126 Å². The molecule has 1 aromatic carbocycles. The number of piperidine rings is 1. The summed E-state index contributed by atoms with van der Waals surface area (Å²) in [6.45, 7) is 5.21. The van der Waals surface area contributed by atoms with Crippen LogP contribution in [0.15, 0.2) is 35.5 Å². The molecule has 0 aromatic heterocycles. The predicted octanol–water partition coefficient (Wildman–Crippen LogP) is 2.98. The first kappa shape index (κ1) is 16.7. The summed E-state index contributed by atoms with van der Waals surface area (Å²) in [6, 6.07) is 9.37. The van der Waals surface area contributed by atoms with Crippen LogP contribution in [0.2, 0.25) is 0 Å². The first-order valence-corrected chi connectivity index (χ1v) is 6.61. The maximum atomic E-state index is 11.8. The van der Waals surface area contributed by atoms with Gasteiger partial charge in [0.2, 0.25) is 0 Å². The SMILES string of the molecule is CC1CN(C)C(C)C/C1=N\OC(=O)c1ccccc1.Cl. The van der Waals surface area contributed by atoms with Crippen LogP contribution in [-0.4, -0.2) is 36.2 Å². The quantitative estimate of drug-likeness (QED) is 0.622. The van der Waals surface area contributed by atoms with Gasteiger partial charge in [-0.15, -0.1) is 12.4 Å². The lowest BCUT2D eigenvalue weighted by Gasteiger charge is -2.34. The van der Waals surface area contributed by atoms with Gasteiger partial charge in [0.15, 0.2) is 0 Å². The summed E-state index contributed by atoms with van der Waals surface area (Å²) in [7, 11) is 2.11. The smallest absolute Gasteiger partial charge is 0.313 e. The maximum absolute atomic E-state index is 11.8. The molecule has 0 N–H and O–H groups in total. The molecule has 2 atom stereocenters. The fourth-order valence-corrected chi connectivity index (χ4v) is 2.23.